The maximum atomic E-state index is 14.1. The first-order valence-electron chi connectivity index (χ1n) is 12.8. The number of benzene rings is 1. The predicted octanol–water partition coefficient (Wildman–Crippen LogP) is 5.96. The van der Waals surface area contributed by atoms with Crippen molar-refractivity contribution in [2.24, 2.45) is 0 Å². The third-order valence-electron chi connectivity index (χ3n) is 6.40. The highest BCUT2D eigenvalue weighted by Gasteiger charge is 2.31. The third-order valence-corrected chi connectivity index (χ3v) is 6.40. The standard InChI is InChI=1S/C28H34F2N4O4.CH4/c1-17-13-23(37-16-20-21(29)10-8-11-22(20)30)25-32-18(2)24(34(25)15-17)26(35)31-14-19-9-6-7-12-33(19)27(36)38-28(3,4)5;/h8,10-11,13,15,19H,6-7,9,12,14,16H2,1-5H3,(H,31,35);1H4/t19-;/m1./s1. The van der Waals surface area contributed by atoms with Crippen LogP contribution in [0.15, 0.2) is 30.5 Å². The number of piperidine rings is 1. The van der Waals surface area contributed by atoms with Crippen LogP contribution in [0.3, 0.4) is 0 Å². The van der Waals surface area contributed by atoms with E-state index in [0.717, 1.165) is 24.8 Å². The van der Waals surface area contributed by atoms with Crippen molar-refractivity contribution in [1.82, 2.24) is 19.6 Å². The van der Waals surface area contributed by atoms with Gasteiger partial charge >= 0.3 is 6.09 Å². The number of pyridine rings is 1. The average Bonchev–Trinajstić information content (AvgIpc) is 3.17. The molecule has 8 nitrogen and oxygen atoms in total. The van der Waals surface area contributed by atoms with Crippen molar-refractivity contribution in [3.63, 3.8) is 0 Å². The predicted molar refractivity (Wildman–Crippen MR) is 145 cm³/mol. The van der Waals surface area contributed by atoms with Gasteiger partial charge in [-0.25, -0.2) is 18.6 Å². The molecule has 1 saturated heterocycles. The lowest BCUT2D eigenvalue weighted by atomic mass is 10.0. The number of aryl methyl sites for hydroxylation is 2. The fraction of sp³-hybridized carbons (Fsp3) is 0.483. The van der Waals surface area contributed by atoms with E-state index < -0.39 is 17.2 Å². The van der Waals surface area contributed by atoms with E-state index in [-0.39, 0.29) is 44.2 Å². The number of fused-ring (bicyclic) bond motifs is 1. The summed E-state index contributed by atoms with van der Waals surface area (Å²) in [5.41, 5.74) is 1.15. The minimum Gasteiger partial charge on any atom is -0.485 e. The van der Waals surface area contributed by atoms with Crippen LogP contribution in [-0.2, 0) is 11.3 Å². The Morgan fingerprint density at radius 1 is 1.15 bits per heavy atom. The van der Waals surface area contributed by atoms with Gasteiger partial charge < -0.3 is 19.7 Å². The first kappa shape index (κ1) is 29.9. The first-order valence-corrected chi connectivity index (χ1v) is 12.8. The summed E-state index contributed by atoms with van der Waals surface area (Å²) in [7, 11) is 0. The normalized spacial score (nSPS) is 15.6. The maximum absolute atomic E-state index is 14.1. The van der Waals surface area contributed by atoms with Crippen molar-refractivity contribution in [3.8, 4) is 5.75 Å². The molecule has 0 bridgehead atoms. The van der Waals surface area contributed by atoms with Gasteiger partial charge in [0.25, 0.3) is 5.91 Å². The summed E-state index contributed by atoms with van der Waals surface area (Å²) in [6, 6.07) is 5.17. The quantitative estimate of drug-likeness (QED) is 0.414. The number of nitrogens with one attached hydrogen (secondary N) is 1. The monoisotopic (exact) mass is 544 g/mol. The number of imidazole rings is 1. The molecule has 4 rings (SSSR count). The highest BCUT2D eigenvalue weighted by atomic mass is 19.1. The van der Waals surface area contributed by atoms with Crippen LogP contribution in [0.1, 0.15) is 74.8 Å². The summed E-state index contributed by atoms with van der Waals surface area (Å²) in [6.45, 7) is 9.54. The van der Waals surface area contributed by atoms with Crippen LogP contribution < -0.4 is 10.1 Å². The highest BCUT2D eigenvalue weighted by Crippen LogP contribution is 2.26. The molecule has 1 atom stereocenters. The molecular formula is C29H38F2N4O4. The number of rotatable bonds is 6. The molecule has 0 unspecified atom stereocenters. The lowest BCUT2D eigenvalue weighted by Crippen LogP contribution is -2.50. The molecule has 212 valence electrons. The van der Waals surface area contributed by atoms with Crippen molar-refractivity contribution < 1.29 is 27.8 Å². The largest absolute Gasteiger partial charge is 0.485 e. The fourth-order valence-corrected chi connectivity index (χ4v) is 4.63. The topological polar surface area (TPSA) is 85.2 Å². The van der Waals surface area contributed by atoms with Crippen LogP contribution in [-0.4, -0.2) is 51.0 Å². The van der Waals surface area contributed by atoms with Crippen LogP contribution in [0, 0.1) is 25.5 Å². The first-order chi connectivity index (χ1) is 17.9. The van der Waals surface area contributed by atoms with Crippen molar-refractivity contribution in [2.75, 3.05) is 13.1 Å². The second-order valence-electron chi connectivity index (χ2n) is 10.6. The fourth-order valence-electron chi connectivity index (χ4n) is 4.63. The molecule has 1 aliphatic rings. The number of amides is 2. The zero-order valence-corrected chi connectivity index (χ0v) is 22.4. The molecule has 3 aromatic rings. The molecule has 2 aromatic heterocycles. The summed E-state index contributed by atoms with van der Waals surface area (Å²) in [5.74, 6) is -1.44. The van der Waals surface area contributed by atoms with Gasteiger partial charge in [-0.15, -0.1) is 0 Å². The Hall–Kier alpha value is -3.69. The van der Waals surface area contributed by atoms with Crippen LogP contribution >= 0.6 is 0 Å². The lowest BCUT2D eigenvalue weighted by molar-refractivity contribution is 0.00985. The third kappa shape index (κ3) is 6.85. The molecule has 1 N–H and O–H groups in total. The molecular weight excluding hydrogens is 506 g/mol. The van der Waals surface area contributed by atoms with Crippen molar-refractivity contribution >= 4 is 17.6 Å². The minimum absolute atomic E-state index is 0. The van der Waals surface area contributed by atoms with Gasteiger partial charge in [-0.05, 0) is 77.6 Å². The number of carbonyl (C=O) groups is 2. The second-order valence-corrected chi connectivity index (χ2v) is 10.6. The van der Waals surface area contributed by atoms with Crippen molar-refractivity contribution in [3.05, 3.63) is 64.6 Å². The molecule has 1 aromatic carbocycles. The number of carbonyl (C=O) groups excluding carboxylic acids is 2. The molecule has 1 aliphatic heterocycles. The lowest BCUT2D eigenvalue weighted by Gasteiger charge is -2.36. The van der Waals surface area contributed by atoms with Gasteiger partial charge in [-0.3, -0.25) is 9.20 Å². The van der Waals surface area contributed by atoms with Crippen molar-refractivity contribution in [2.45, 2.75) is 79.6 Å². The number of halogens is 2. The summed E-state index contributed by atoms with van der Waals surface area (Å²) in [4.78, 5) is 32.3. The van der Waals surface area contributed by atoms with Gasteiger partial charge in [-0.1, -0.05) is 13.5 Å². The van der Waals surface area contributed by atoms with Crippen LogP contribution in [0.4, 0.5) is 13.6 Å². The number of hydrogen-bond donors (Lipinski definition) is 1. The number of nitrogens with zero attached hydrogens (tertiary/aromatic N) is 3. The molecule has 0 aliphatic carbocycles. The average molecular weight is 545 g/mol. The summed E-state index contributed by atoms with van der Waals surface area (Å²) in [6.07, 6.45) is 3.97. The Balaban J connectivity index is 0.00000420. The number of hydrogen-bond acceptors (Lipinski definition) is 5. The van der Waals surface area contributed by atoms with Gasteiger partial charge in [0.15, 0.2) is 11.4 Å². The van der Waals surface area contributed by atoms with Gasteiger partial charge in [0.05, 0.1) is 17.3 Å². The van der Waals surface area contributed by atoms with Crippen LogP contribution in [0.2, 0.25) is 0 Å². The van der Waals surface area contributed by atoms with Gasteiger partial charge in [0.1, 0.15) is 29.5 Å². The molecule has 1 fully saturated rings. The summed E-state index contributed by atoms with van der Waals surface area (Å²) >= 11 is 0. The number of likely N-dealkylation sites (tertiary alicyclic amines) is 1. The second kappa shape index (κ2) is 12.0. The van der Waals surface area contributed by atoms with E-state index in [1.165, 1.54) is 18.2 Å². The zero-order chi connectivity index (χ0) is 27.6. The van der Waals surface area contributed by atoms with Crippen LogP contribution in [0.25, 0.3) is 5.65 Å². The zero-order valence-electron chi connectivity index (χ0n) is 22.4. The minimum atomic E-state index is -0.698. The number of ether oxygens (including phenoxy) is 2. The SMILES string of the molecule is C.Cc1cc(OCc2c(F)cccc2F)c2nc(C)c(C(=O)NC[C@H]3CCCCN3C(=O)OC(C)(C)C)n2c1. The Bertz CT molecular complexity index is 1330. The van der Waals surface area contributed by atoms with E-state index in [9.17, 15) is 18.4 Å². The molecule has 2 amide bonds. The smallest absolute Gasteiger partial charge is 0.410 e. The van der Waals surface area contributed by atoms with Crippen LogP contribution in [0.5, 0.6) is 5.75 Å². The molecule has 0 radical (unpaired) electrons. The molecule has 39 heavy (non-hydrogen) atoms. The van der Waals surface area contributed by atoms with Gasteiger partial charge in [0, 0.05) is 19.3 Å². The van der Waals surface area contributed by atoms with Gasteiger partial charge in [-0.2, -0.15) is 0 Å². The van der Waals surface area contributed by atoms with Gasteiger partial charge in [0.2, 0.25) is 0 Å². The van der Waals surface area contributed by atoms with E-state index in [2.05, 4.69) is 10.3 Å². The molecule has 0 saturated carbocycles. The Labute approximate surface area is 228 Å². The molecule has 10 heteroatoms. The summed E-state index contributed by atoms with van der Waals surface area (Å²) in [5, 5.41) is 2.96. The van der Waals surface area contributed by atoms with Crippen molar-refractivity contribution in [1.29, 1.82) is 0 Å². The molecule has 3 heterocycles. The van der Waals surface area contributed by atoms with E-state index in [0.29, 0.717) is 29.3 Å². The Kier molecular flexibility index (Phi) is 9.19. The Morgan fingerprint density at radius 3 is 2.51 bits per heavy atom. The number of aromatic nitrogens is 2. The Morgan fingerprint density at radius 2 is 1.85 bits per heavy atom. The van der Waals surface area contributed by atoms with E-state index >= 15 is 0 Å². The summed E-state index contributed by atoms with van der Waals surface area (Å²) < 4.78 is 41.1. The molecule has 0 spiro atoms. The van der Waals surface area contributed by atoms with E-state index in [4.69, 9.17) is 9.47 Å². The van der Waals surface area contributed by atoms with E-state index in [1.54, 1.807) is 28.5 Å². The maximum Gasteiger partial charge on any atom is 0.410 e. The highest BCUT2D eigenvalue weighted by molar-refractivity contribution is 5.95. The van der Waals surface area contributed by atoms with E-state index in [1.807, 2.05) is 27.7 Å².